The van der Waals surface area contributed by atoms with Crippen molar-refractivity contribution < 1.29 is 9.59 Å². The van der Waals surface area contributed by atoms with Gasteiger partial charge in [-0.1, -0.05) is 39.3 Å². The molecule has 2 rings (SSSR count). The number of likely N-dealkylation sites (N-methyl/N-ethyl adjacent to an activating group) is 1. The molecule has 1 fully saturated rings. The van der Waals surface area contributed by atoms with Crippen molar-refractivity contribution in [2.45, 2.75) is 65.8 Å². The van der Waals surface area contributed by atoms with Crippen LogP contribution in [0.1, 0.15) is 69.3 Å². The van der Waals surface area contributed by atoms with E-state index in [1.807, 2.05) is 21.9 Å². The summed E-state index contributed by atoms with van der Waals surface area (Å²) in [5, 5.41) is 0. The van der Waals surface area contributed by atoms with E-state index in [1.54, 1.807) is 0 Å². The van der Waals surface area contributed by atoms with Crippen LogP contribution in [0.2, 0.25) is 0 Å². The van der Waals surface area contributed by atoms with Gasteiger partial charge in [0.05, 0.1) is 0 Å². The monoisotopic (exact) mass is 401 g/mol. The van der Waals surface area contributed by atoms with Crippen LogP contribution in [0.15, 0.2) is 24.3 Å². The van der Waals surface area contributed by atoms with Crippen molar-refractivity contribution in [1.29, 1.82) is 0 Å². The van der Waals surface area contributed by atoms with Gasteiger partial charge in [0.2, 0.25) is 5.91 Å². The van der Waals surface area contributed by atoms with Crippen molar-refractivity contribution >= 4 is 11.8 Å². The van der Waals surface area contributed by atoms with Gasteiger partial charge in [-0.2, -0.15) is 0 Å². The zero-order chi connectivity index (χ0) is 21.2. The number of piperazine rings is 1. The Morgan fingerprint density at radius 3 is 2.24 bits per heavy atom. The standard InChI is InChI=1S/C24H39N3O2/c1-5-8-9-21-10-12-22(13-11-21)24(29)27(20(4)6-2)15-14-23(28)26-18-16-25(7-3)17-19-26/h10-13,20H,5-9,14-19H2,1-4H3. The van der Waals surface area contributed by atoms with Gasteiger partial charge in [-0.25, -0.2) is 0 Å². The Kier molecular flexibility index (Phi) is 9.65. The lowest BCUT2D eigenvalue weighted by molar-refractivity contribution is -0.133. The van der Waals surface area contributed by atoms with Gasteiger partial charge in [0.1, 0.15) is 0 Å². The Morgan fingerprint density at radius 1 is 1.03 bits per heavy atom. The summed E-state index contributed by atoms with van der Waals surface area (Å²) in [6.45, 7) is 13.5. The predicted molar refractivity (Wildman–Crippen MR) is 119 cm³/mol. The van der Waals surface area contributed by atoms with Gasteiger partial charge in [-0.05, 0) is 50.4 Å². The van der Waals surface area contributed by atoms with Gasteiger partial charge in [-0.3, -0.25) is 9.59 Å². The third-order valence-electron chi connectivity index (χ3n) is 6.14. The molecule has 0 aliphatic carbocycles. The van der Waals surface area contributed by atoms with Crippen LogP contribution in [0, 0.1) is 0 Å². The number of nitrogens with zero attached hydrogens (tertiary/aromatic N) is 3. The molecule has 1 aliphatic rings. The second-order valence-corrected chi connectivity index (χ2v) is 8.12. The van der Waals surface area contributed by atoms with Crippen molar-refractivity contribution in [2.24, 2.45) is 0 Å². The van der Waals surface area contributed by atoms with Crippen molar-refractivity contribution in [3.63, 3.8) is 0 Å². The molecule has 0 N–H and O–H groups in total. The third kappa shape index (κ3) is 6.84. The summed E-state index contributed by atoms with van der Waals surface area (Å²) in [6.07, 6.45) is 4.67. The number of rotatable bonds is 10. The second kappa shape index (κ2) is 12.0. The molecule has 0 radical (unpaired) electrons. The van der Waals surface area contributed by atoms with E-state index in [9.17, 15) is 9.59 Å². The number of amides is 2. The number of carbonyl (C=O) groups excluding carboxylic acids is 2. The molecule has 162 valence electrons. The summed E-state index contributed by atoms with van der Waals surface area (Å²) < 4.78 is 0. The molecule has 5 heteroatoms. The highest BCUT2D eigenvalue weighted by Crippen LogP contribution is 2.15. The van der Waals surface area contributed by atoms with Crippen LogP contribution in [0.5, 0.6) is 0 Å². The molecule has 29 heavy (non-hydrogen) atoms. The molecule has 1 atom stereocenters. The van der Waals surface area contributed by atoms with E-state index in [-0.39, 0.29) is 17.9 Å². The van der Waals surface area contributed by atoms with Crippen LogP contribution in [0.3, 0.4) is 0 Å². The van der Waals surface area contributed by atoms with Crippen molar-refractivity contribution in [2.75, 3.05) is 39.3 Å². The normalized spacial score (nSPS) is 15.9. The first kappa shape index (κ1) is 23.4. The van der Waals surface area contributed by atoms with Crippen molar-refractivity contribution in [3.05, 3.63) is 35.4 Å². The summed E-state index contributed by atoms with van der Waals surface area (Å²) in [4.78, 5) is 32.0. The van der Waals surface area contributed by atoms with Gasteiger partial charge in [0.15, 0.2) is 0 Å². The van der Waals surface area contributed by atoms with Crippen molar-refractivity contribution in [1.82, 2.24) is 14.7 Å². The van der Waals surface area contributed by atoms with E-state index in [0.29, 0.717) is 13.0 Å². The van der Waals surface area contributed by atoms with Crippen LogP contribution >= 0.6 is 0 Å². The molecular weight excluding hydrogens is 362 g/mol. The number of benzene rings is 1. The summed E-state index contributed by atoms with van der Waals surface area (Å²) in [5.41, 5.74) is 1.99. The lowest BCUT2D eigenvalue weighted by atomic mass is 10.0. The van der Waals surface area contributed by atoms with Crippen LogP contribution < -0.4 is 0 Å². The Balaban J connectivity index is 1.96. The molecule has 1 saturated heterocycles. The second-order valence-electron chi connectivity index (χ2n) is 8.12. The topological polar surface area (TPSA) is 43.9 Å². The van der Waals surface area contributed by atoms with E-state index >= 15 is 0 Å². The first-order chi connectivity index (χ1) is 14.0. The minimum absolute atomic E-state index is 0.0324. The summed E-state index contributed by atoms with van der Waals surface area (Å²) in [5.74, 6) is 0.196. The maximum absolute atomic E-state index is 13.1. The molecule has 0 bridgehead atoms. The van der Waals surface area contributed by atoms with E-state index in [1.165, 1.54) is 18.4 Å². The van der Waals surface area contributed by atoms with Crippen LogP contribution in [0.25, 0.3) is 0 Å². The highest BCUT2D eigenvalue weighted by Gasteiger charge is 2.24. The molecule has 1 unspecified atom stereocenters. The molecule has 1 aromatic rings. The average Bonchev–Trinajstić information content (AvgIpc) is 2.77. The maximum Gasteiger partial charge on any atom is 0.254 e. The zero-order valence-electron chi connectivity index (χ0n) is 18.8. The Morgan fingerprint density at radius 2 is 1.69 bits per heavy atom. The molecule has 0 saturated carbocycles. The largest absolute Gasteiger partial charge is 0.340 e. The molecule has 1 heterocycles. The summed E-state index contributed by atoms with van der Waals surface area (Å²) >= 11 is 0. The molecule has 1 aliphatic heterocycles. The number of unbranched alkanes of at least 4 members (excludes halogenated alkanes) is 1. The maximum atomic E-state index is 13.1. The highest BCUT2D eigenvalue weighted by atomic mass is 16.2. The van der Waals surface area contributed by atoms with Gasteiger partial charge < -0.3 is 14.7 Å². The van der Waals surface area contributed by atoms with Crippen LogP contribution in [-0.2, 0) is 11.2 Å². The number of hydrogen-bond donors (Lipinski definition) is 0. The Hall–Kier alpha value is -1.88. The molecule has 5 nitrogen and oxygen atoms in total. The van der Waals surface area contributed by atoms with Gasteiger partial charge in [-0.15, -0.1) is 0 Å². The SMILES string of the molecule is CCCCc1ccc(C(=O)N(CCC(=O)N2CCN(CC)CC2)C(C)CC)cc1. The Bertz CT molecular complexity index is 636. The summed E-state index contributed by atoms with van der Waals surface area (Å²) in [7, 11) is 0. The number of aryl methyl sites for hydroxylation is 1. The number of hydrogen-bond acceptors (Lipinski definition) is 3. The molecule has 0 spiro atoms. The van der Waals surface area contributed by atoms with E-state index in [2.05, 4.69) is 44.7 Å². The van der Waals surface area contributed by atoms with Crippen molar-refractivity contribution in [3.8, 4) is 0 Å². The first-order valence-corrected chi connectivity index (χ1v) is 11.4. The van der Waals surface area contributed by atoms with Gasteiger partial charge in [0, 0.05) is 50.7 Å². The quantitative estimate of drug-likeness (QED) is 0.599. The summed E-state index contributed by atoms with van der Waals surface area (Å²) in [6, 6.07) is 8.13. The highest BCUT2D eigenvalue weighted by molar-refractivity contribution is 5.94. The zero-order valence-corrected chi connectivity index (χ0v) is 18.8. The Labute approximate surface area is 177 Å². The molecule has 0 aromatic heterocycles. The minimum atomic E-state index is 0.0324. The molecule has 1 aromatic carbocycles. The third-order valence-corrected chi connectivity index (χ3v) is 6.14. The number of carbonyl (C=O) groups is 2. The van der Waals surface area contributed by atoms with E-state index in [0.717, 1.165) is 51.1 Å². The smallest absolute Gasteiger partial charge is 0.254 e. The van der Waals surface area contributed by atoms with Crippen LogP contribution in [-0.4, -0.2) is 71.8 Å². The fourth-order valence-electron chi connectivity index (χ4n) is 3.79. The first-order valence-electron chi connectivity index (χ1n) is 11.4. The van der Waals surface area contributed by atoms with E-state index in [4.69, 9.17) is 0 Å². The minimum Gasteiger partial charge on any atom is -0.340 e. The fraction of sp³-hybridized carbons (Fsp3) is 0.667. The van der Waals surface area contributed by atoms with Gasteiger partial charge >= 0.3 is 0 Å². The fourth-order valence-corrected chi connectivity index (χ4v) is 3.79. The van der Waals surface area contributed by atoms with Crippen LogP contribution in [0.4, 0.5) is 0 Å². The predicted octanol–water partition coefficient (Wildman–Crippen LogP) is 3.82. The lowest BCUT2D eigenvalue weighted by Crippen LogP contribution is -2.49. The molecule has 2 amide bonds. The molecular formula is C24H39N3O2. The van der Waals surface area contributed by atoms with E-state index < -0.39 is 0 Å². The average molecular weight is 402 g/mol. The lowest BCUT2D eigenvalue weighted by Gasteiger charge is -2.35. The van der Waals surface area contributed by atoms with Gasteiger partial charge in [0.25, 0.3) is 5.91 Å².